The number of fused-ring (bicyclic) bond motifs is 1. The number of aromatic nitrogens is 1. The maximum Gasteiger partial charge on any atom is 0.326 e. The van der Waals surface area contributed by atoms with Crippen molar-refractivity contribution in [3.05, 3.63) is 83.6 Å². The summed E-state index contributed by atoms with van der Waals surface area (Å²) in [5.74, 6) is -0.618. The smallest absolute Gasteiger partial charge is 0.326 e. The van der Waals surface area contributed by atoms with Gasteiger partial charge in [-0.3, -0.25) is 4.79 Å². The molecule has 0 spiro atoms. The lowest BCUT2D eigenvalue weighted by Gasteiger charge is -2.33. The van der Waals surface area contributed by atoms with Gasteiger partial charge in [0.15, 0.2) is 0 Å². The molecule has 0 saturated carbocycles. The van der Waals surface area contributed by atoms with Gasteiger partial charge in [-0.2, -0.15) is 9.57 Å². The van der Waals surface area contributed by atoms with E-state index in [1.165, 1.54) is 12.1 Å². The molecule has 0 bridgehead atoms. The Kier molecular flexibility index (Phi) is 5.42. The third kappa shape index (κ3) is 3.99. The first-order chi connectivity index (χ1) is 14.9. The summed E-state index contributed by atoms with van der Waals surface area (Å²) < 4.78 is 33.0. The van der Waals surface area contributed by atoms with E-state index in [9.17, 15) is 18.3 Å². The number of hydrogen-bond donors (Lipinski definition) is 1. The van der Waals surface area contributed by atoms with Crippen molar-refractivity contribution >= 4 is 16.0 Å². The summed E-state index contributed by atoms with van der Waals surface area (Å²) in [4.78, 5) is 15.9. The molecule has 31 heavy (non-hydrogen) atoms. The summed E-state index contributed by atoms with van der Waals surface area (Å²) in [5.41, 5.74) is 1.78. The number of nitriles is 1. The normalized spacial score (nSPS) is 16.2. The molecule has 4 rings (SSSR count). The maximum absolute atomic E-state index is 13.2. The van der Waals surface area contributed by atoms with Crippen LogP contribution >= 0.6 is 0 Å². The Labute approximate surface area is 179 Å². The van der Waals surface area contributed by atoms with Crippen molar-refractivity contribution in [3.63, 3.8) is 0 Å². The largest absolute Gasteiger partial charge is 0.480 e. The molecule has 0 fully saturated rings. The minimum Gasteiger partial charge on any atom is -0.480 e. The molecule has 1 unspecified atom stereocenters. The fraction of sp³-hybridized carbons (Fsp3) is 0.136. The number of carboxylic acids is 1. The van der Waals surface area contributed by atoms with Gasteiger partial charge in [-0.1, -0.05) is 24.3 Å². The molecule has 2 aromatic carbocycles. The highest BCUT2D eigenvalue weighted by Gasteiger charge is 2.40. The van der Waals surface area contributed by atoms with Crippen molar-refractivity contribution < 1.29 is 23.1 Å². The van der Waals surface area contributed by atoms with E-state index < -0.39 is 22.0 Å². The minimum atomic E-state index is -4.10. The van der Waals surface area contributed by atoms with Gasteiger partial charge in [-0.05, 0) is 47.9 Å². The third-order valence-electron chi connectivity index (χ3n) is 4.99. The van der Waals surface area contributed by atoms with Gasteiger partial charge in [0, 0.05) is 12.6 Å². The fourth-order valence-electron chi connectivity index (χ4n) is 3.49. The van der Waals surface area contributed by atoms with Gasteiger partial charge in [-0.15, -0.1) is 0 Å². The minimum absolute atomic E-state index is 0.0554. The van der Waals surface area contributed by atoms with Gasteiger partial charge in [0.2, 0.25) is 15.9 Å². The molecule has 156 valence electrons. The first kappa shape index (κ1) is 20.5. The van der Waals surface area contributed by atoms with Gasteiger partial charge in [0.05, 0.1) is 17.8 Å². The SMILES string of the molecule is N#Cc1ccc(Oc2ccc(S(=O)(=O)N3CCc4ccccc4C3C(=O)O)cn2)cc1. The van der Waals surface area contributed by atoms with E-state index in [1.807, 2.05) is 12.1 Å². The van der Waals surface area contributed by atoms with E-state index in [1.54, 1.807) is 42.5 Å². The molecule has 8 nitrogen and oxygen atoms in total. The predicted molar refractivity (Wildman–Crippen MR) is 110 cm³/mol. The fourth-order valence-corrected chi connectivity index (χ4v) is 5.00. The molecule has 1 aromatic heterocycles. The lowest BCUT2D eigenvalue weighted by molar-refractivity contribution is -0.142. The van der Waals surface area contributed by atoms with Crippen LogP contribution in [0.3, 0.4) is 0 Å². The van der Waals surface area contributed by atoms with E-state index in [4.69, 9.17) is 10.00 Å². The number of benzene rings is 2. The Bertz CT molecular complexity index is 1270. The topological polar surface area (TPSA) is 121 Å². The van der Waals surface area contributed by atoms with Crippen LogP contribution in [0.2, 0.25) is 0 Å². The summed E-state index contributed by atoms with van der Waals surface area (Å²) >= 11 is 0. The van der Waals surface area contributed by atoms with Crippen LogP contribution in [0.25, 0.3) is 0 Å². The van der Waals surface area contributed by atoms with Crippen LogP contribution in [0.5, 0.6) is 11.6 Å². The number of carbonyl (C=O) groups is 1. The molecule has 9 heteroatoms. The second-order valence-corrected chi connectivity index (χ2v) is 8.77. The molecular weight excluding hydrogens is 418 g/mol. The van der Waals surface area contributed by atoms with E-state index >= 15 is 0 Å². The van der Waals surface area contributed by atoms with Crippen molar-refractivity contribution in [2.24, 2.45) is 0 Å². The zero-order valence-corrected chi connectivity index (χ0v) is 17.0. The molecule has 0 saturated heterocycles. The molecule has 0 aliphatic carbocycles. The zero-order valence-electron chi connectivity index (χ0n) is 16.2. The standard InChI is InChI=1S/C22H17N3O5S/c23-13-15-5-7-17(8-6-15)30-20-10-9-18(14-24-20)31(28,29)25-12-11-16-3-1-2-4-19(16)21(25)22(26)27/h1-10,14,21H,11-12H2,(H,26,27). The van der Waals surface area contributed by atoms with E-state index in [0.29, 0.717) is 23.3 Å². The first-order valence-electron chi connectivity index (χ1n) is 9.36. The van der Waals surface area contributed by atoms with Gasteiger partial charge >= 0.3 is 5.97 Å². The Morgan fingerprint density at radius 1 is 1.13 bits per heavy atom. The van der Waals surface area contributed by atoms with Crippen molar-refractivity contribution in [1.82, 2.24) is 9.29 Å². The van der Waals surface area contributed by atoms with Crippen LogP contribution < -0.4 is 4.74 Å². The lowest BCUT2D eigenvalue weighted by Crippen LogP contribution is -2.43. The molecule has 3 aromatic rings. The maximum atomic E-state index is 13.2. The van der Waals surface area contributed by atoms with Gasteiger partial charge in [-0.25, -0.2) is 13.4 Å². The summed E-state index contributed by atoms with van der Waals surface area (Å²) in [6.07, 6.45) is 1.57. The van der Waals surface area contributed by atoms with Crippen LogP contribution in [0.1, 0.15) is 22.7 Å². The van der Waals surface area contributed by atoms with Crippen LogP contribution in [-0.2, 0) is 21.2 Å². The molecular formula is C22H17N3O5S. The van der Waals surface area contributed by atoms with E-state index in [0.717, 1.165) is 16.1 Å². The monoisotopic (exact) mass is 435 g/mol. The molecule has 0 amide bonds. The first-order valence-corrected chi connectivity index (χ1v) is 10.8. The van der Waals surface area contributed by atoms with Crippen molar-refractivity contribution in [1.29, 1.82) is 5.26 Å². The lowest BCUT2D eigenvalue weighted by atomic mass is 9.94. The highest BCUT2D eigenvalue weighted by atomic mass is 32.2. The summed E-state index contributed by atoms with van der Waals surface area (Å²) in [6.45, 7) is 0.0554. The van der Waals surface area contributed by atoms with E-state index in [2.05, 4.69) is 4.98 Å². The summed E-state index contributed by atoms with van der Waals surface area (Å²) in [5, 5.41) is 18.6. The number of rotatable bonds is 5. The second kappa shape index (κ2) is 8.18. The average molecular weight is 435 g/mol. The van der Waals surface area contributed by atoms with Gasteiger partial charge in [0.25, 0.3) is 0 Å². The molecule has 2 heterocycles. The highest BCUT2D eigenvalue weighted by molar-refractivity contribution is 7.89. The second-order valence-electron chi connectivity index (χ2n) is 6.88. The quantitative estimate of drug-likeness (QED) is 0.654. The van der Waals surface area contributed by atoms with E-state index in [-0.39, 0.29) is 17.3 Å². The van der Waals surface area contributed by atoms with Crippen molar-refractivity contribution in [3.8, 4) is 17.7 Å². The third-order valence-corrected chi connectivity index (χ3v) is 6.84. The number of ether oxygens (including phenoxy) is 1. The number of nitrogens with zero attached hydrogens (tertiary/aromatic N) is 3. The molecule has 1 aliphatic heterocycles. The molecule has 1 atom stereocenters. The Morgan fingerprint density at radius 2 is 1.87 bits per heavy atom. The van der Waals surface area contributed by atoms with Crippen LogP contribution in [0.4, 0.5) is 0 Å². The Balaban J connectivity index is 1.59. The number of hydrogen-bond acceptors (Lipinski definition) is 6. The number of pyridine rings is 1. The summed E-state index contributed by atoms with van der Waals surface area (Å²) in [6, 6.07) is 16.8. The Hall–Kier alpha value is -3.74. The number of sulfonamides is 1. The number of aliphatic carboxylic acids is 1. The van der Waals surface area contributed by atoms with Crippen molar-refractivity contribution in [2.45, 2.75) is 17.4 Å². The molecule has 1 aliphatic rings. The zero-order chi connectivity index (χ0) is 22.0. The van der Waals surface area contributed by atoms with Gasteiger partial charge in [0.1, 0.15) is 16.7 Å². The van der Waals surface area contributed by atoms with Crippen LogP contribution in [0, 0.1) is 11.3 Å². The van der Waals surface area contributed by atoms with Crippen LogP contribution in [-0.4, -0.2) is 35.3 Å². The highest BCUT2D eigenvalue weighted by Crippen LogP contribution is 2.34. The van der Waals surface area contributed by atoms with Crippen LogP contribution in [0.15, 0.2) is 71.8 Å². The Morgan fingerprint density at radius 3 is 2.52 bits per heavy atom. The van der Waals surface area contributed by atoms with Gasteiger partial charge < -0.3 is 9.84 Å². The average Bonchev–Trinajstić information content (AvgIpc) is 2.79. The number of carboxylic acid groups (broad SMARTS) is 1. The molecule has 0 radical (unpaired) electrons. The van der Waals surface area contributed by atoms with Crippen molar-refractivity contribution in [2.75, 3.05) is 6.54 Å². The molecule has 1 N–H and O–H groups in total. The predicted octanol–water partition coefficient (Wildman–Crippen LogP) is 3.12. The summed E-state index contributed by atoms with van der Waals surface area (Å²) in [7, 11) is -4.10.